The second-order valence-corrected chi connectivity index (χ2v) is 2.76. The average Bonchev–Trinajstić information content (AvgIpc) is 2.48. The molecule has 0 unspecified atom stereocenters. The third kappa shape index (κ3) is 2.29. The monoisotopic (exact) mass is 186 g/mol. The Morgan fingerprint density at radius 1 is 1.21 bits per heavy atom. The van der Waals surface area contributed by atoms with Crippen LogP contribution in [0, 0.1) is 0 Å². The van der Waals surface area contributed by atoms with Crippen molar-refractivity contribution in [3.8, 4) is 5.88 Å². The molecule has 0 aliphatic carbocycles. The number of pyridine rings is 1. The SMILES string of the molecule is C1=CN=C(Oc2ccccn2)C=CC1. The van der Waals surface area contributed by atoms with Gasteiger partial charge in [0.15, 0.2) is 0 Å². The van der Waals surface area contributed by atoms with Crippen molar-refractivity contribution in [1.29, 1.82) is 0 Å². The summed E-state index contributed by atoms with van der Waals surface area (Å²) in [6.07, 6.45) is 10.1. The molecule has 1 aromatic rings. The zero-order valence-corrected chi connectivity index (χ0v) is 7.63. The molecule has 0 saturated carbocycles. The van der Waals surface area contributed by atoms with Gasteiger partial charge in [-0.1, -0.05) is 18.2 Å². The molecule has 0 radical (unpaired) electrons. The van der Waals surface area contributed by atoms with E-state index in [4.69, 9.17) is 4.74 Å². The van der Waals surface area contributed by atoms with E-state index in [0.717, 1.165) is 6.42 Å². The van der Waals surface area contributed by atoms with E-state index in [9.17, 15) is 0 Å². The number of aliphatic imine (C=N–C) groups is 1. The van der Waals surface area contributed by atoms with Gasteiger partial charge in [-0.3, -0.25) is 0 Å². The van der Waals surface area contributed by atoms with Gasteiger partial charge in [0, 0.05) is 18.5 Å². The molecule has 0 saturated heterocycles. The van der Waals surface area contributed by atoms with Crippen molar-refractivity contribution in [2.24, 2.45) is 4.99 Å². The Hall–Kier alpha value is -1.90. The lowest BCUT2D eigenvalue weighted by Crippen LogP contribution is -2.04. The highest BCUT2D eigenvalue weighted by Gasteiger charge is 1.98. The van der Waals surface area contributed by atoms with E-state index in [0.29, 0.717) is 11.8 Å². The lowest BCUT2D eigenvalue weighted by molar-refractivity contribution is 0.532. The molecule has 70 valence electrons. The Kier molecular flexibility index (Phi) is 2.71. The molecule has 14 heavy (non-hydrogen) atoms. The van der Waals surface area contributed by atoms with Gasteiger partial charge < -0.3 is 4.74 Å². The Balaban J connectivity index is 2.11. The van der Waals surface area contributed by atoms with Crippen molar-refractivity contribution in [2.45, 2.75) is 6.42 Å². The molecular weight excluding hydrogens is 176 g/mol. The van der Waals surface area contributed by atoms with Crippen molar-refractivity contribution in [1.82, 2.24) is 4.98 Å². The van der Waals surface area contributed by atoms with Gasteiger partial charge in [0.25, 0.3) is 0 Å². The maximum atomic E-state index is 5.44. The number of nitrogens with zero attached hydrogens (tertiary/aromatic N) is 2. The van der Waals surface area contributed by atoms with Gasteiger partial charge in [-0.15, -0.1) is 0 Å². The summed E-state index contributed by atoms with van der Waals surface area (Å²) in [6.45, 7) is 0. The molecule has 2 heterocycles. The summed E-state index contributed by atoms with van der Waals surface area (Å²) in [5, 5.41) is 0. The fraction of sp³-hybridized carbons (Fsp3) is 0.0909. The van der Waals surface area contributed by atoms with Crippen LogP contribution in [0.1, 0.15) is 6.42 Å². The molecule has 0 aromatic carbocycles. The van der Waals surface area contributed by atoms with Crippen molar-refractivity contribution in [3.05, 3.63) is 48.8 Å². The first-order valence-electron chi connectivity index (χ1n) is 4.43. The number of allylic oxidation sites excluding steroid dienone is 2. The van der Waals surface area contributed by atoms with Gasteiger partial charge in [0.1, 0.15) is 0 Å². The quantitative estimate of drug-likeness (QED) is 0.674. The van der Waals surface area contributed by atoms with Gasteiger partial charge >= 0.3 is 0 Å². The lowest BCUT2D eigenvalue weighted by atomic mass is 10.4. The number of hydrogen-bond acceptors (Lipinski definition) is 3. The minimum Gasteiger partial charge on any atom is -0.421 e. The van der Waals surface area contributed by atoms with Crippen molar-refractivity contribution in [3.63, 3.8) is 0 Å². The minimum absolute atomic E-state index is 0.561. The van der Waals surface area contributed by atoms with Crippen molar-refractivity contribution in [2.75, 3.05) is 0 Å². The van der Waals surface area contributed by atoms with E-state index >= 15 is 0 Å². The van der Waals surface area contributed by atoms with Crippen LogP contribution in [0.25, 0.3) is 0 Å². The van der Waals surface area contributed by atoms with Crippen molar-refractivity contribution < 1.29 is 4.74 Å². The predicted molar refractivity (Wildman–Crippen MR) is 55.2 cm³/mol. The van der Waals surface area contributed by atoms with Crippen LogP contribution in [0.5, 0.6) is 5.88 Å². The molecule has 0 atom stereocenters. The highest BCUT2D eigenvalue weighted by atomic mass is 16.5. The zero-order chi connectivity index (χ0) is 9.64. The number of ether oxygens (including phenoxy) is 1. The van der Waals surface area contributed by atoms with Crippen LogP contribution in [0.4, 0.5) is 0 Å². The summed E-state index contributed by atoms with van der Waals surface area (Å²) in [5.74, 6) is 1.13. The fourth-order valence-corrected chi connectivity index (χ4v) is 1.05. The maximum Gasteiger partial charge on any atom is 0.221 e. The van der Waals surface area contributed by atoms with Gasteiger partial charge in [0.05, 0.1) is 0 Å². The van der Waals surface area contributed by atoms with Crippen LogP contribution in [0.2, 0.25) is 0 Å². The van der Waals surface area contributed by atoms with Gasteiger partial charge in [-0.05, 0) is 18.6 Å². The molecule has 3 heteroatoms. The molecule has 0 fully saturated rings. The summed E-state index contributed by atoms with van der Waals surface area (Å²) < 4.78 is 5.44. The molecular formula is C11H10N2O. The Morgan fingerprint density at radius 2 is 2.21 bits per heavy atom. The Labute approximate surface area is 82.5 Å². The van der Waals surface area contributed by atoms with Crippen LogP contribution in [-0.2, 0) is 0 Å². The smallest absolute Gasteiger partial charge is 0.221 e. The van der Waals surface area contributed by atoms with Gasteiger partial charge in [0.2, 0.25) is 11.8 Å². The van der Waals surface area contributed by atoms with Gasteiger partial charge in [-0.2, -0.15) is 0 Å². The van der Waals surface area contributed by atoms with Crippen LogP contribution in [0.3, 0.4) is 0 Å². The Morgan fingerprint density at radius 3 is 3.07 bits per heavy atom. The molecule has 2 rings (SSSR count). The molecule has 3 nitrogen and oxygen atoms in total. The highest BCUT2D eigenvalue weighted by Crippen LogP contribution is 2.06. The summed E-state index contributed by atoms with van der Waals surface area (Å²) in [6, 6.07) is 5.52. The first-order chi connectivity index (χ1) is 6.95. The second-order valence-electron chi connectivity index (χ2n) is 2.76. The average molecular weight is 186 g/mol. The molecule has 1 aliphatic heterocycles. The van der Waals surface area contributed by atoms with Crippen LogP contribution < -0.4 is 4.74 Å². The molecule has 0 amide bonds. The Bertz CT molecular complexity index is 380. The third-order valence-electron chi connectivity index (χ3n) is 1.69. The molecule has 1 aliphatic rings. The van der Waals surface area contributed by atoms with E-state index in [1.807, 2.05) is 30.4 Å². The fourth-order valence-electron chi connectivity index (χ4n) is 1.05. The van der Waals surface area contributed by atoms with Crippen LogP contribution in [-0.4, -0.2) is 10.9 Å². The maximum absolute atomic E-state index is 5.44. The largest absolute Gasteiger partial charge is 0.421 e. The molecule has 0 N–H and O–H groups in total. The number of aromatic nitrogens is 1. The first-order valence-corrected chi connectivity index (χ1v) is 4.43. The number of rotatable bonds is 1. The first kappa shape index (κ1) is 8.69. The van der Waals surface area contributed by atoms with E-state index in [2.05, 4.69) is 9.98 Å². The molecule has 0 bridgehead atoms. The van der Waals surface area contributed by atoms with E-state index in [1.54, 1.807) is 18.5 Å². The third-order valence-corrected chi connectivity index (χ3v) is 1.69. The summed E-state index contributed by atoms with van der Waals surface area (Å²) in [4.78, 5) is 8.15. The standard InChI is InChI=1S/C11H10N2O/c1-2-6-10(12-8-4-1)14-11-7-3-5-9-13-11/h2-9H,1H2. The summed E-state index contributed by atoms with van der Waals surface area (Å²) in [7, 11) is 0. The van der Waals surface area contributed by atoms with Crippen LogP contribution >= 0.6 is 0 Å². The zero-order valence-electron chi connectivity index (χ0n) is 7.63. The van der Waals surface area contributed by atoms with Crippen LogP contribution in [0.15, 0.2) is 53.8 Å². The van der Waals surface area contributed by atoms with E-state index < -0.39 is 0 Å². The topological polar surface area (TPSA) is 34.5 Å². The van der Waals surface area contributed by atoms with E-state index in [-0.39, 0.29) is 0 Å². The summed E-state index contributed by atoms with van der Waals surface area (Å²) >= 11 is 0. The summed E-state index contributed by atoms with van der Waals surface area (Å²) in [5.41, 5.74) is 0. The lowest BCUT2D eigenvalue weighted by Gasteiger charge is -2.01. The molecule has 1 aromatic heterocycles. The number of hydrogen-bond donors (Lipinski definition) is 0. The second kappa shape index (κ2) is 4.37. The van der Waals surface area contributed by atoms with Crippen molar-refractivity contribution >= 4 is 5.90 Å². The van der Waals surface area contributed by atoms with Gasteiger partial charge in [-0.25, -0.2) is 9.98 Å². The highest BCUT2D eigenvalue weighted by molar-refractivity contribution is 5.89. The normalized spacial score (nSPS) is 14.7. The predicted octanol–water partition coefficient (Wildman–Crippen LogP) is 2.33. The molecule has 0 spiro atoms. The minimum atomic E-state index is 0.561. The van der Waals surface area contributed by atoms with E-state index in [1.165, 1.54) is 0 Å².